The molecule has 3 fully saturated rings. The number of carbonyl (C=O) groups excluding carboxylic acids is 1. The van der Waals surface area contributed by atoms with Gasteiger partial charge in [-0.3, -0.25) is 4.79 Å². The number of cyclic esters (lactones) is 1. The van der Waals surface area contributed by atoms with E-state index in [1.54, 1.807) is 48.8 Å². The molecule has 0 aromatic carbocycles. The maximum atomic E-state index is 14.8. The number of aliphatic hydroxyl groups is 2. The summed E-state index contributed by atoms with van der Waals surface area (Å²) in [7, 11) is 3.16. The Morgan fingerprint density at radius 2 is 1.39 bits per heavy atom. The third-order valence-electron chi connectivity index (χ3n) is 14.1. The molecular weight excluding hydrogens is 897 g/mol. The van der Waals surface area contributed by atoms with Crippen LogP contribution in [-0.4, -0.2) is 168 Å². The van der Waals surface area contributed by atoms with Crippen LogP contribution in [0.1, 0.15) is 116 Å². The van der Waals surface area contributed by atoms with E-state index in [2.05, 4.69) is 44.2 Å². The number of methoxy groups -OCH3 is 2. The van der Waals surface area contributed by atoms with Gasteiger partial charge in [0.15, 0.2) is 29.2 Å². The molecule has 0 saturated carbocycles. The maximum Gasteiger partial charge on any atom is 0.311 e. The molecule has 0 unspecified atom stereocenters. The highest BCUT2D eigenvalue weighted by Crippen LogP contribution is 2.43. The molecule has 0 aromatic rings. The fourth-order valence-electron chi connectivity index (χ4n) is 10.4. The first-order valence-electron chi connectivity index (χ1n) is 24.9. The van der Waals surface area contributed by atoms with E-state index in [1.165, 1.54) is 6.92 Å². The minimum atomic E-state index is -2.20. The number of hydrogen-bond acceptors (Lipinski definition) is 16. The van der Waals surface area contributed by atoms with Crippen LogP contribution in [0, 0.1) is 23.7 Å². The number of carbonyl (C=O) groups is 1. The summed E-state index contributed by atoms with van der Waals surface area (Å²) in [6.07, 6.45) is -5.99. The lowest BCUT2D eigenvalue weighted by Gasteiger charge is -2.51. The average Bonchev–Trinajstić information content (AvgIpc) is 3.20. The molecule has 3 aliphatic heterocycles. The van der Waals surface area contributed by atoms with E-state index >= 15 is 0 Å². The van der Waals surface area contributed by atoms with Crippen molar-refractivity contribution in [2.24, 2.45) is 28.8 Å². The molecule has 394 valence electrons. The number of ether oxygens (including phenoxy) is 8. The van der Waals surface area contributed by atoms with Gasteiger partial charge in [0.25, 0.3) is 0 Å². The van der Waals surface area contributed by atoms with Crippen molar-refractivity contribution < 1.29 is 66.6 Å². The molecule has 3 aliphatic rings. The van der Waals surface area contributed by atoms with Crippen LogP contribution >= 0.6 is 0 Å². The van der Waals surface area contributed by atoms with Crippen molar-refractivity contribution in [2.75, 3.05) is 34.9 Å². The Bertz CT molecular complexity index is 1590. The third-order valence-corrected chi connectivity index (χ3v) is 16.0. The Morgan fingerprint density at radius 3 is 1.90 bits per heavy atom. The molecule has 16 nitrogen and oxygen atoms in total. The monoisotopic (exact) mass is 993 g/mol. The van der Waals surface area contributed by atoms with Gasteiger partial charge >= 0.3 is 5.97 Å². The summed E-state index contributed by atoms with van der Waals surface area (Å²) in [6.45, 7) is 37.5. The number of hydrogen-bond donors (Lipinski definition) is 2. The average molecular weight is 993 g/mol. The molecule has 0 aliphatic carbocycles. The summed E-state index contributed by atoms with van der Waals surface area (Å²) in [5.74, 6) is -4.57. The van der Waals surface area contributed by atoms with E-state index < -0.39 is 118 Å². The fraction of sp³-hybridized carbons (Fsp3) is 0.959. The van der Waals surface area contributed by atoms with Crippen molar-refractivity contribution in [2.45, 2.75) is 245 Å². The highest BCUT2D eigenvalue weighted by atomic mass is 28.4. The number of aliphatic hydroxyl groups excluding tert-OH is 1. The highest BCUT2D eigenvalue weighted by Gasteiger charge is 2.55. The van der Waals surface area contributed by atoms with Crippen LogP contribution in [0.3, 0.4) is 0 Å². The van der Waals surface area contributed by atoms with Gasteiger partial charge in [-0.15, -0.1) is 0 Å². The highest BCUT2D eigenvalue weighted by molar-refractivity contribution is 6.70. The van der Waals surface area contributed by atoms with E-state index in [0.29, 0.717) is 18.7 Å². The Hall–Kier alpha value is -1.11. The first-order chi connectivity index (χ1) is 30.6. The van der Waals surface area contributed by atoms with E-state index in [9.17, 15) is 15.0 Å². The van der Waals surface area contributed by atoms with Gasteiger partial charge in [-0.2, -0.15) is 0 Å². The zero-order chi connectivity index (χ0) is 51.4. The molecule has 18 heteroatoms. The van der Waals surface area contributed by atoms with Crippen LogP contribution in [0.15, 0.2) is 5.16 Å². The maximum absolute atomic E-state index is 14.8. The van der Waals surface area contributed by atoms with E-state index in [1.807, 2.05) is 62.6 Å². The molecule has 2 N–H and O–H groups in total. The molecule has 0 radical (unpaired) electrons. The van der Waals surface area contributed by atoms with Gasteiger partial charge in [0.05, 0.1) is 59.5 Å². The van der Waals surface area contributed by atoms with Gasteiger partial charge in [0.2, 0.25) is 5.79 Å². The zero-order valence-electron chi connectivity index (χ0n) is 45.9. The predicted octanol–water partition coefficient (Wildman–Crippen LogP) is 7.73. The van der Waals surface area contributed by atoms with Crippen molar-refractivity contribution in [3.8, 4) is 0 Å². The minimum absolute atomic E-state index is 0.0381. The Morgan fingerprint density at radius 1 is 0.821 bits per heavy atom. The van der Waals surface area contributed by atoms with Crippen LogP contribution in [-0.2, 0) is 56.4 Å². The second-order valence-corrected chi connectivity index (χ2v) is 32.0. The molecule has 0 aromatic heterocycles. The summed E-state index contributed by atoms with van der Waals surface area (Å²) in [5.41, 5.74) is -3.43. The molecule has 0 bridgehead atoms. The van der Waals surface area contributed by atoms with Gasteiger partial charge in [0, 0.05) is 64.9 Å². The van der Waals surface area contributed by atoms with Gasteiger partial charge in [-0.25, -0.2) is 0 Å². The number of oxime groups is 1. The Labute approximate surface area is 407 Å². The largest absolute Gasteiger partial charge is 0.459 e. The molecule has 67 heavy (non-hydrogen) atoms. The predicted molar refractivity (Wildman–Crippen MR) is 265 cm³/mol. The number of nitrogens with zero attached hydrogens (tertiary/aromatic N) is 2. The summed E-state index contributed by atoms with van der Waals surface area (Å²) in [6, 6.07) is -0.0381. The summed E-state index contributed by atoms with van der Waals surface area (Å²) < 4.78 is 66.8. The van der Waals surface area contributed by atoms with Crippen molar-refractivity contribution >= 4 is 28.3 Å². The minimum Gasteiger partial charge on any atom is -0.459 e. The van der Waals surface area contributed by atoms with Crippen molar-refractivity contribution in [1.29, 1.82) is 0 Å². The van der Waals surface area contributed by atoms with Crippen molar-refractivity contribution in [1.82, 2.24) is 4.90 Å². The summed E-state index contributed by atoms with van der Waals surface area (Å²) >= 11 is 0. The molecule has 3 heterocycles. The first-order valence-corrected chi connectivity index (χ1v) is 31.7. The normalized spacial score (nSPS) is 42.1. The van der Waals surface area contributed by atoms with Crippen LogP contribution < -0.4 is 0 Å². The van der Waals surface area contributed by atoms with Crippen LogP contribution in [0.5, 0.6) is 0 Å². The van der Waals surface area contributed by atoms with Crippen LogP contribution in [0.25, 0.3) is 0 Å². The number of rotatable bonds is 16. The molecular formula is C49H96N2O14Si2. The van der Waals surface area contributed by atoms with E-state index in [0.717, 1.165) is 6.42 Å². The van der Waals surface area contributed by atoms with Crippen LogP contribution in [0.2, 0.25) is 39.3 Å². The lowest BCUT2D eigenvalue weighted by atomic mass is 9.73. The molecule has 18 atom stereocenters. The van der Waals surface area contributed by atoms with Crippen molar-refractivity contribution in [3.05, 3.63) is 0 Å². The van der Waals surface area contributed by atoms with Gasteiger partial charge in [-0.1, -0.05) is 32.9 Å². The Kier molecular flexibility index (Phi) is 21.2. The van der Waals surface area contributed by atoms with E-state index in [4.69, 9.17) is 56.7 Å². The topological polar surface area (TPSA) is 175 Å². The quantitative estimate of drug-likeness (QED) is 0.0665. The second-order valence-electron chi connectivity index (χ2n) is 23.1. The lowest BCUT2D eigenvalue weighted by Crippen LogP contribution is -2.63. The molecule has 3 saturated heterocycles. The van der Waals surface area contributed by atoms with Gasteiger partial charge in [-0.05, 0) is 121 Å². The number of likely N-dealkylation sites (N-methyl/N-ethyl adjacent to an activating group) is 1. The van der Waals surface area contributed by atoms with Gasteiger partial charge in [0.1, 0.15) is 17.8 Å². The standard InChI is InChI=1S/C49H96N2O14Si2/c1-24-36-49(13,54)41(52)31(5)38(50-65-46(9,10)57-25-2)29(3)27-47(11,55-16)42(62-45-40(63-66(18,19)20)35(51(14)15)26-30(4)58-45)32(6)39(33(7)44(53)60-36)61-37-28-48(12,56-17)43(34(8)59-37)64-67(21,22)23/h29-37,39-43,45,52,54H,24-28H2,1-23H3/t29-,30-,31+,32-,33-,34+,35+,36-,37+,39+,40-,41+,42-,43+,45+,47-,48-,49-/m1/s1. The summed E-state index contributed by atoms with van der Waals surface area (Å²) in [4.78, 5) is 23.1. The zero-order valence-corrected chi connectivity index (χ0v) is 47.9. The third kappa shape index (κ3) is 15.5. The van der Waals surface area contributed by atoms with Gasteiger partial charge < -0.3 is 66.7 Å². The fourth-order valence-corrected chi connectivity index (χ4v) is 12.7. The molecule has 0 amide bonds. The number of esters is 1. The van der Waals surface area contributed by atoms with Crippen LogP contribution in [0.4, 0.5) is 0 Å². The second kappa shape index (κ2) is 23.6. The smallest absolute Gasteiger partial charge is 0.311 e. The Balaban J connectivity index is 2.39. The van der Waals surface area contributed by atoms with E-state index in [-0.39, 0.29) is 31.1 Å². The molecule has 3 rings (SSSR count). The first kappa shape index (κ1) is 60.2. The molecule has 0 spiro atoms. The SMILES string of the molecule is CCOC(C)(C)ON=C1[C@H](C)C[C@@](C)(OC)[C@H](O[C@@H]2O[C@H](C)C[C@H](N(C)C)[C@H]2O[Si](C)(C)C)[C@H](C)[C@H](O[C@H]2C[C@@](C)(OC)[C@@H](O[Si](C)(C)C)[C@H](C)O2)[C@@H](C)C(=O)O[C@H](CC)[C@@](C)(O)[C@@H](O)[C@H]1C. The van der Waals surface area contributed by atoms with Crippen molar-refractivity contribution in [3.63, 3.8) is 0 Å². The summed E-state index contributed by atoms with van der Waals surface area (Å²) in [5, 5.41) is 29.2. The lowest BCUT2D eigenvalue weighted by molar-refractivity contribution is -0.316.